The average Bonchev–Trinajstić information content (AvgIpc) is 2.83. The Bertz CT molecular complexity index is 480. The smallest absolute Gasteiger partial charge is 0.221 e. The van der Waals surface area contributed by atoms with E-state index in [-0.39, 0.29) is 11.8 Å². The standard InChI is InChI=1S/C16H22N2OS/c1-11-6-7-13(16(17)19)9-18(11)10-14-8-12-4-2-3-5-15(12)20-14/h2-5,11,13-14H,6-10H2,1H3,(H2,17,19). The van der Waals surface area contributed by atoms with Gasteiger partial charge in [-0.15, -0.1) is 11.8 Å². The SMILES string of the molecule is CC1CCC(C(N)=O)CN1CC1Cc2ccccc2S1. The fourth-order valence-electron chi connectivity index (χ4n) is 3.28. The molecule has 2 N–H and O–H groups in total. The zero-order valence-electron chi connectivity index (χ0n) is 11.9. The first-order valence-electron chi connectivity index (χ1n) is 7.41. The van der Waals surface area contributed by atoms with Crippen molar-refractivity contribution < 1.29 is 4.79 Å². The van der Waals surface area contributed by atoms with Crippen LogP contribution >= 0.6 is 11.8 Å². The molecular weight excluding hydrogens is 268 g/mol. The Hall–Kier alpha value is -1.00. The molecule has 0 radical (unpaired) electrons. The maximum Gasteiger partial charge on any atom is 0.221 e. The molecule has 1 fully saturated rings. The van der Waals surface area contributed by atoms with Crippen LogP contribution in [-0.4, -0.2) is 35.2 Å². The molecule has 3 nitrogen and oxygen atoms in total. The summed E-state index contributed by atoms with van der Waals surface area (Å²) in [6, 6.07) is 9.24. The number of hydrogen-bond donors (Lipinski definition) is 1. The first-order chi connectivity index (χ1) is 9.63. The molecule has 2 aliphatic rings. The van der Waals surface area contributed by atoms with Crippen LogP contribution in [0.25, 0.3) is 0 Å². The lowest BCUT2D eigenvalue weighted by molar-refractivity contribution is -0.123. The second kappa shape index (κ2) is 5.78. The maximum absolute atomic E-state index is 11.4. The van der Waals surface area contributed by atoms with E-state index in [0.717, 1.165) is 32.4 Å². The molecule has 3 unspecified atom stereocenters. The van der Waals surface area contributed by atoms with Crippen LogP contribution in [0.3, 0.4) is 0 Å². The van der Waals surface area contributed by atoms with Crippen LogP contribution in [-0.2, 0) is 11.2 Å². The zero-order chi connectivity index (χ0) is 14.1. The minimum absolute atomic E-state index is 0.0416. The second-order valence-electron chi connectivity index (χ2n) is 6.03. The zero-order valence-corrected chi connectivity index (χ0v) is 12.7. The lowest BCUT2D eigenvalue weighted by atomic mass is 9.92. The molecule has 0 bridgehead atoms. The van der Waals surface area contributed by atoms with Crippen LogP contribution in [0.4, 0.5) is 0 Å². The molecule has 2 aliphatic heterocycles. The van der Waals surface area contributed by atoms with Crippen LogP contribution < -0.4 is 5.73 Å². The number of benzene rings is 1. The van der Waals surface area contributed by atoms with Crippen LogP contribution in [0, 0.1) is 5.92 Å². The highest BCUT2D eigenvalue weighted by Crippen LogP contribution is 2.38. The fourth-order valence-corrected chi connectivity index (χ4v) is 4.63. The Morgan fingerprint density at radius 2 is 2.20 bits per heavy atom. The van der Waals surface area contributed by atoms with Gasteiger partial charge in [-0.2, -0.15) is 0 Å². The van der Waals surface area contributed by atoms with Crippen molar-refractivity contribution in [1.29, 1.82) is 0 Å². The van der Waals surface area contributed by atoms with E-state index >= 15 is 0 Å². The first-order valence-corrected chi connectivity index (χ1v) is 8.29. The summed E-state index contributed by atoms with van der Waals surface area (Å²) >= 11 is 1.98. The van der Waals surface area contributed by atoms with E-state index in [9.17, 15) is 4.79 Å². The molecule has 1 amide bonds. The van der Waals surface area contributed by atoms with Gasteiger partial charge < -0.3 is 5.73 Å². The largest absolute Gasteiger partial charge is 0.369 e. The van der Waals surface area contributed by atoms with Gasteiger partial charge in [0.05, 0.1) is 5.92 Å². The minimum Gasteiger partial charge on any atom is -0.369 e. The van der Waals surface area contributed by atoms with Crippen LogP contribution in [0.2, 0.25) is 0 Å². The van der Waals surface area contributed by atoms with E-state index in [1.54, 1.807) is 0 Å². The summed E-state index contributed by atoms with van der Waals surface area (Å²) in [6.07, 6.45) is 3.17. The Morgan fingerprint density at radius 3 is 2.95 bits per heavy atom. The average molecular weight is 290 g/mol. The summed E-state index contributed by atoms with van der Waals surface area (Å²) in [6.45, 7) is 4.16. The van der Waals surface area contributed by atoms with Gasteiger partial charge in [-0.25, -0.2) is 0 Å². The van der Waals surface area contributed by atoms with E-state index < -0.39 is 0 Å². The Labute approximate surface area is 124 Å². The number of amides is 1. The molecule has 108 valence electrons. The number of primary amides is 1. The topological polar surface area (TPSA) is 46.3 Å². The van der Waals surface area contributed by atoms with Gasteiger partial charge in [-0.05, 0) is 37.8 Å². The van der Waals surface area contributed by atoms with Gasteiger partial charge in [-0.3, -0.25) is 9.69 Å². The van der Waals surface area contributed by atoms with Crippen LogP contribution in [0.1, 0.15) is 25.3 Å². The molecule has 0 saturated carbocycles. The van der Waals surface area contributed by atoms with Gasteiger partial charge in [0.1, 0.15) is 0 Å². The van der Waals surface area contributed by atoms with Crippen LogP contribution in [0.15, 0.2) is 29.2 Å². The van der Waals surface area contributed by atoms with E-state index in [2.05, 4.69) is 36.1 Å². The maximum atomic E-state index is 11.4. The van der Waals surface area contributed by atoms with E-state index in [0.29, 0.717) is 11.3 Å². The van der Waals surface area contributed by atoms with E-state index in [1.165, 1.54) is 10.5 Å². The summed E-state index contributed by atoms with van der Waals surface area (Å²) in [5.41, 5.74) is 6.95. The summed E-state index contributed by atoms with van der Waals surface area (Å²) in [5.74, 6) is -0.0933. The molecule has 1 aromatic carbocycles. The third kappa shape index (κ3) is 2.86. The predicted molar refractivity (Wildman–Crippen MR) is 82.7 cm³/mol. The van der Waals surface area contributed by atoms with Crippen LogP contribution in [0.5, 0.6) is 0 Å². The molecule has 3 atom stereocenters. The number of hydrogen-bond acceptors (Lipinski definition) is 3. The van der Waals surface area contributed by atoms with Gasteiger partial charge >= 0.3 is 0 Å². The highest BCUT2D eigenvalue weighted by molar-refractivity contribution is 8.00. The molecular formula is C16H22N2OS. The van der Waals surface area contributed by atoms with Gasteiger partial charge in [0, 0.05) is 29.3 Å². The Balaban J connectivity index is 1.62. The van der Waals surface area contributed by atoms with Crippen molar-refractivity contribution in [2.24, 2.45) is 11.7 Å². The highest BCUT2D eigenvalue weighted by atomic mass is 32.2. The number of nitrogens with two attached hydrogens (primary N) is 1. The second-order valence-corrected chi connectivity index (χ2v) is 7.37. The predicted octanol–water partition coefficient (Wildman–Crippen LogP) is 2.29. The number of carbonyl (C=O) groups is 1. The highest BCUT2D eigenvalue weighted by Gasteiger charge is 2.31. The summed E-state index contributed by atoms with van der Waals surface area (Å²) in [7, 11) is 0. The Kier molecular flexibility index (Phi) is 4.03. The molecule has 2 heterocycles. The van der Waals surface area contributed by atoms with Crippen molar-refractivity contribution in [3.05, 3.63) is 29.8 Å². The normalized spacial score (nSPS) is 30.1. The molecule has 1 saturated heterocycles. The number of rotatable bonds is 3. The first kappa shape index (κ1) is 14.0. The molecule has 1 aromatic rings. The number of nitrogens with zero attached hydrogens (tertiary/aromatic N) is 1. The fraction of sp³-hybridized carbons (Fsp3) is 0.562. The number of piperidine rings is 1. The molecule has 0 aliphatic carbocycles. The van der Waals surface area contributed by atoms with Crippen molar-refractivity contribution in [3.63, 3.8) is 0 Å². The molecule has 0 spiro atoms. The molecule has 0 aromatic heterocycles. The summed E-state index contributed by atoms with van der Waals surface area (Å²) in [4.78, 5) is 15.3. The lowest BCUT2D eigenvalue weighted by Crippen LogP contribution is -2.47. The third-order valence-corrected chi connectivity index (χ3v) is 5.87. The van der Waals surface area contributed by atoms with Crippen molar-refractivity contribution >= 4 is 17.7 Å². The van der Waals surface area contributed by atoms with Gasteiger partial charge in [0.15, 0.2) is 0 Å². The molecule has 20 heavy (non-hydrogen) atoms. The number of likely N-dealkylation sites (tertiary alicyclic amines) is 1. The summed E-state index contributed by atoms with van der Waals surface area (Å²) < 4.78 is 0. The van der Waals surface area contributed by atoms with E-state index in [4.69, 9.17) is 5.73 Å². The van der Waals surface area contributed by atoms with Gasteiger partial charge in [0.2, 0.25) is 5.91 Å². The lowest BCUT2D eigenvalue weighted by Gasteiger charge is -2.38. The number of thioether (sulfide) groups is 1. The third-order valence-electron chi connectivity index (χ3n) is 4.57. The van der Waals surface area contributed by atoms with Gasteiger partial charge in [0.25, 0.3) is 0 Å². The van der Waals surface area contributed by atoms with Crippen molar-refractivity contribution in [2.45, 2.75) is 42.4 Å². The molecule has 4 heteroatoms. The number of carbonyl (C=O) groups excluding carboxylic acids is 1. The molecule has 3 rings (SSSR count). The minimum atomic E-state index is -0.135. The number of fused-ring (bicyclic) bond motifs is 1. The van der Waals surface area contributed by atoms with Crippen molar-refractivity contribution in [2.75, 3.05) is 13.1 Å². The quantitative estimate of drug-likeness (QED) is 0.929. The Morgan fingerprint density at radius 1 is 1.40 bits per heavy atom. The monoisotopic (exact) mass is 290 g/mol. The van der Waals surface area contributed by atoms with Gasteiger partial charge in [-0.1, -0.05) is 18.2 Å². The van der Waals surface area contributed by atoms with Crippen molar-refractivity contribution in [1.82, 2.24) is 4.90 Å². The van der Waals surface area contributed by atoms with E-state index in [1.807, 2.05) is 11.8 Å². The van der Waals surface area contributed by atoms with Crippen molar-refractivity contribution in [3.8, 4) is 0 Å². The summed E-state index contributed by atoms with van der Waals surface area (Å²) in [5, 5.41) is 0.612.